The summed E-state index contributed by atoms with van der Waals surface area (Å²) in [5, 5.41) is 15.1. The molecule has 0 saturated carbocycles. The average Bonchev–Trinajstić information content (AvgIpc) is 2.62. The largest absolute Gasteiger partial charge is 0.389 e. The Hall–Kier alpha value is -2.86. The van der Waals surface area contributed by atoms with Gasteiger partial charge in [0.15, 0.2) is 0 Å². The van der Waals surface area contributed by atoms with Crippen molar-refractivity contribution >= 4 is 33.3 Å². The Morgan fingerprint density at radius 3 is 2.44 bits per heavy atom. The molecule has 0 spiro atoms. The molecule has 0 unspecified atom stereocenters. The number of amides is 1. The molecule has 0 atom stereocenters. The first kappa shape index (κ1) is 20.5. The van der Waals surface area contributed by atoms with Gasteiger partial charge in [0.25, 0.3) is 16.0 Å². The molecule has 2 aromatic carbocycles. The van der Waals surface area contributed by atoms with E-state index >= 15 is 0 Å². The molecular weight excluding hydrogens is 390 g/mol. The van der Waals surface area contributed by atoms with Gasteiger partial charge in [-0.3, -0.25) is 9.35 Å². The molecule has 7 nitrogen and oxygen atoms in total. The fourth-order valence-corrected chi connectivity index (χ4v) is 2.85. The van der Waals surface area contributed by atoms with Crippen LogP contribution in [-0.2, 0) is 21.3 Å². The Kier molecular flexibility index (Phi) is 6.96. The number of carbonyl (C=O) groups excluding carboxylic acids is 1. The van der Waals surface area contributed by atoms with E-state index in [0.717, 1.165) is 17.7 Å². The lowest BCUT2D eigenvalue weighted by atomic mass is 10.1. The summed E-state index contributed by atoms with van der Waals surface area (Å²) in [6.07, 6.45) is 1.92. The second-order valence-electron chi connectivity index (χ2n) is 5.42. The first-order chi connectivity index (χ1) is 12.8. The predicted octanol–water partition coefficient (Wildman–Crippen LogP) is 2.76. The number of nitrogens with zero attached hydrogens (tertiary/aromatic N) is 1. The van der Waals surface area contributed by atoms with Crippen LogP contribution in [0.15, 0.2) is 65.2 Å². The second kappa shape index (κ2) is 9.19. The summed E-state index contributed by atoms with van der Waals surface area (Å²) >= 11 is 6.06. The topological polar surface area (TPSA) is 119 Å². The van der Waals surface area contributed by atoms with Gasteiger partial charge in [0.05, 0.1) is 4.90 Å². The van der Waals surface area contributed by atoms with Crippen LogP contribution in [0.2, 0.25) is 5.02 Å². The Morgan fingerprint density at radius 1 is 1.19 bits per heavy atom. The summed E-state index contributed by atoms with van der Waals surface area (Å²) in [4.78, 5) is 11.8. The van der Waals surface area contributed by atoms with Crippen LogP contribution in [0.1, 0.15) is 5.56 Å². The minimum Gasteiger partial charge on any atom is -0.389 e. The zero-order chi connectivity index (χ0) is 19.9. The molecule has 2 aromatic rings. The molecule has 140 valence electrons. The van der Waals surface area contributed by atoms with Gasteiger partial charge in [0.2, 0.25) is 0 Å². The zero-order valence-electron chi connectivity index (χ0n) is 14.0. The second-order valence-corrected chi connectivity index (χ2v) is 7.25. The van der Waals surface area contributed by atoms with Crippen LogP contribution in [0.5, 0.6) is 0 Å². The van der Waals surface area contributed by atoms with Crippen LogP contribution in [0.25, 0.3) is 0 Å². The third-order valence-corrected chi connectivity index (χ3v) is 4.75. The van der Waals surface area contributed by atoms with Crippen molar-refractivity contribution in [1.82, 2.24) is 5.32 Å². The van der Waals surface area contributed by atoms with E-state index in [0.29, 0.717) is 18.0 Å². The van der Waals surface area contributed by atoms with E-state index in [2.05, 4.69) is 10.6 Å². The van der Waals surface area contributed by atoms with E-state index in [9.17, 15) is 13.2 Å². The van der Waals surface area contributed by atoms with Gasteiger partial charge in [-0.2, -0.15) is 13.7 Å². The number of nitriles is 1. The maximum Gasteiger partial charge on any atom is 0.294 e. The molecule has 3 N–H and O–H groups in total. The van der Waals surface area contributed by atoms with E-state index in [1.165, 1.54) is 18.3 Å². The van der Waals surface area contributed by atoms with Crippen LogP contribution < -0.4 is 10.6 Å². The van der Waals surface area contributed by atoms with Crippen molar-refractivity contribution in [3.05, 3.63) is 70.9 Å². The Morgan fingerprint density at radius 2 is 1.85 bits per heavy atom. The highest BCUT2D eigenvalue weighted by Crippen LogP contribution is 2.15. The minimum absolute atomic E-state index is 0.145. The van der Waals surface area contributed by atoms with Crippen molar-refractivity contribution < 1.29 is 17.8 Å². The molecule has 0 aliphatic heterocycles. The molecule has 1 amide bonds. The summed E-state index contributed by atoms with van der Waals surface area (Å²) in [5.74, 6) is -0.651. The lowest BCUT2D eigenvalue weighted by molar-refractivity contribution is -0.112. The van der Waals surface area contributed by atoms with Crippen molar-refractivity contribution in [1.29, 1.82) is 5.26 Å². The number of anilines is 1. The summed E-state index contributed by atoms with van der Waals surface area (Å²) in [7, 11) is -4.31. The van der Waals surface area contributed by atoms with Gasteiger partial charge in [0.1, 0.15) is 11.6 Å². The lowest BCUT2D eigenvalue weighted by Gasteiger charge is -2.06. The predicted molar refractivity (Wildman–Crippen MR) is 102 cm³/mol. The summed E-state index contributed by atoms with van der Waals surface area (Å²) in [6.45, 7) is 0.477. The fourth-order valence-electron chi connectivity index (χ4n) is 2.14. The Labute approximate surface area is 162 Å². The molecule has 0 aliphatic carbocycles. The number of halogens is 1. The average molecular weight is 406 g/mol. The number of carbonyl (C=O) groups is 1. The van der Waals surface area contributed by atoms with Crippen molar-refractivity contribution in [2.24, 2.45) is 0 Å². The first-order valence-electron chi connectivity index (χ1n) is 7.77. The van der Waals surface area contributed by atoms with Gasteiger partial charge in [-0.1, -0.05) is 29.8 Å². The monoisotopic (exact) mass is 405 g/mol. The summed E-state index contributed by atoms with van der Waals surface area (Å²) in [5.41, 5.74) is 1.08. The van der Waals surface area contributed by atoms with E-state index in [1.54, 1.807) is 12.1 Å². The molecule has 0 saturated heterocycles. The number of hydrogen-bond acceptors (Lipinski definition) is 5. The minimum atomic E-state index is -4.31. The van der Waals surface area contributed by atoms with Gasteiger partial charge in [0, 0.05) is 23.5 Å². The third-order valence-electron chi connectivity index (χ3n) is 3.52. The van der Waals surface area contributed by atoms with E-state index in [1.807, 2.05) is 18.2 Å². The first-order valence-corrected chi connectivity index (χ1v) is 9.59. The van der Waals surface area contributed by atoms with Gasteiger partial charge in [-0.15, -0.1) is 0 Å². The van der Waals surface area contributed by atoms with E-state index in [4.69, 9.17) is 21.4 Å². The van der Waals surface area contributed by atoms with Gasteiger partial charge >= 0.3 is 0 Å². The molecule has 2 rings (SSSR count). The lowest BCUT2D eigenvalue weighted by Crippen LogP contribution is -2.18. The van der Waals surface area contributed by atoms with Gasteiger partial charge in [-0.05, 0) is 42.3 Å². The van der Waals surface area contributed by atoms with Gasteiger partial charge in [-0.25, -0.2) is 0 Å². The van der Waals surface area contributed by atoms with Gasteiger partial charge < -0.3 is 10.6 Å². The zero-order valence-corrected chi connectivity index (χ0v) is 15.6. The van der Waals surface area contributed by atoms with Crippen LogP contribution >= 0.6 is 11.6 Å². The molecule has 0 aromatic heterocycles. The molecule has 0 bridgehead atoms. The molecule has 27 heavy (non-hydrogen) atoms. The molecule has 0 fully saturated rings. The van der Waals surface area contributed by atoms with Crippen molar-refractivity contribution in [2.75, 3.05) is 11.9 Å². The van der Waals surface area contributed by atoms with Crippen LogP contribution in [0.3, 0.4) is 0 Å². The highest BCUT2D eigenvalue weighted by atomic mass is 35.5. The van der Waals surface area contributed by atoms with E-state index in [-0.39, 0.29) is 16.2 Å². The summed E-state index contributed by atoms with van der Waals surface area (Å²) < 4.78 is 30.9. The highest BCUT2D eigenvalue weighted by molar-refractivity contribution is 7.85. The standard InChI is InChI=1S/C18H16ClN3O4S/c19-17-4-2-1-3-13(17)9-10-21-12-14(11-20)18(23)22-15-5-7-16(8-6-15)27(24,25)26/h1-8,12,21H,9-10H2,(H,22,23)(H,24,25,26)/b14-12-. The van der Waals surface area contributed by atoms with Crippen molar-refractivity contribution in [2.45, 2.75) is 11.3 Å². The SMILES string of the molecule is N#C/C(=C/NCCc1ccccc1Cl)C(=O)Nc1ccc(S(=O)(=O)O)cc1. The Bertz CT molecular complexity index is 996. The quantitative estimate of drug-likeness (QED) is 0.282. The van der Waals surface area contributed by atoms with Crippen molar-refractivity contribution in [3.63, 3.8) is 0 Å². The number of hydrogen-bond donors (Lipinski definition) is 3. The number of benzene rings is 2. The fraction of sp³-hybridized carbons (Fsp3) is 0.111. The highest BCUT2D eigenvalue weighted by Gasteiger charge is 2.12. The van der Waals surface area contributed by atoms with E-state index < -0.39 is 16.0 Å². The van der Waals surface area contributed by atoms with Crippen LogP contribution in [-0.4, -0.2) is 25.4 Å². The van der Waals surface area contributed by atoms with Crippen molar-refractivity contribution in [3.8, 4) is 6.07 Å². The molecule has 9 heteroatoms. The molecule has 0 aliphatic rings. The normalized spacial score (nSPS) is 11.5. The summed E-state index contributed by atoms with van der Waals surface area (Å²) in [6, 6.07) is 14.1. The molecule has 0 radical (unpaired) electrons. The third kappa shape index (κ3) is 6.11. The van der Waals surface area contributed by atoms with Crippen LogP contribution in [0, 0.1) is 11.3 Å². The smallest absolute Gasteiger partial charge is 0.294 e. The Balaban J connectivity index is 1.94. The molecular formula is C18H16ClN3O4S. The number of rotatable bonds is 7. The maximum atomic E-state index is 12.1. The maximum absolute atomic E-state index is 12.1. The molecule has 0 heterocycles. The number of nitrogens with one attached hydrogen (secondary N) is 2. The van der Waals surface area contributed by atoms with Crippen LogP contribution in [0.4, 0.5) is 5.69 Å².